The number of aryl methyl sites for hydroxylation is 1. The fraction of sp³-hybridized carbons (Fsp3) is 0.700. The number of morpholine rings is 1. The molecule has 0 aliphatic carbocycles. The van der Waals surface area contributed by atoms with Gasteiger partial charge in [0.2, 0.25) is 5.95 Å². The second-order valence-electron chi connectivity index (χ2n) is 7.61. The Morgan fingerprint density at radius 1 is 1.04 bits per heavy atom. The van der Waals surface area contributed by atoms with Crippen molar-refractivity contribution in [3.63, 3.8) is 0 Å². The number of ether oxygens (including phenoxy) is 2. The lowest BCUT2D eigenvalue weighted by Crippen LogP contribution is -2.47. The van der Waals surface area contributed by atoms with Gasteiger partial charge in [-0.05, 0) is 32.6 Å². The van der Waals surface area contributed by atoms with E-state index in [2.05, 4.69) is 35.8 Å². The van der Waals surface area contributed by atoms with Crippen LogP contribution in [0.1, 0.15) is 38.8 Å². The molecule has 2 saturated heterocycles. The number of hydrogen-bond donors (Lipinski definition) is 0. The molecule has 6 nitrogen and oxygen atoms in total. The van der Waals surface area contributed by atoms with Gasteiger partial charge in [-0.3, -0.25) is 0 Å². The van der Waals surface area contributed by atoms with E-state index in [4.69, 9.17) is 19.4 Å². The molecular weight excluding hydrogens is 328 g/mol. The van der Waals surface area contributed by atoms with E-state index < -0.39 is 0 Å². The van der Waals surface area contributed by atoms with Gasteiger partial charge in [-0.25, -0.2) is 4.98 Å². The lowest BCUT2D eigenvalue weighted by molar-refractivity contribution is -0.0326. The fourth-order valence-electron chi connectivity index (χ4n) is 4.10. The Morgan fingerprint density at radius 2 is 1.81 bits per heavy atom. The van der Waals surface area contributed by atoms with Gasteiger partial charge in [-0.1, -0.05) is 18.6 Å². The van der Waals surface area contributed by atoms with Crippen molar-refractivity contribution in [2.75, 3.05) is 55.8 Å². The Kier molecular flexibility index (Phi) is 5.14. The topological polar surface area (TPSA) is 50.7 Å². The quantitative estimate of drug-likeness (QED) is 0.774. The van der Waals surface area contributed by atoms with E-state index in [1.165, 1.54) is 5.57 Å². The van der Waals surface area contributed by atoms with Crippen LogP contribution in [0.15, 0.2) is 17.7 Å². The molecule has 0 unspecified atom stereocenters. The minimum atomic E-state index is -0.0491. The van der Waals surface area contributed by atoms with E-state index in [1.807, 2.05) is 0 Å². The molecule has 4 heterocycles. The molecule has 3 aliphatic rings. The Morgan fingerprint density at radius 3 is 2.50 bits per heavy atom. The fourth-order valence-corrected chi connectivity index (χ4v) is 4.10. The summed E-state index contributed by atoms with van der Waals surface area (Å²) < 4.78 is 11.6. The van der Waals surface area contributed by atoms with Gasteiger partial charge in [-0.15, -0.1) is 0 Å². The first kappa shape index (κ1) is 17.7. The van der Waals surface area contributed by atoms with Gasteiger partial charge in [0, 0.05) is 37.9 Å². The van der Waals surface area contributed by atoms with Crippen molar-refractivity contribution >= 4 is 11.8 Å². The predicted molar refractivity (Wildman–Crippen MR) is 103 cm³/mol. The second-order valence-corrected chi connectivity index (χ2v) is 7.61. The number of aromatic nitrogens is 2. The number of piperidine rings is 1. The van der Waals surface area contributed by atoms with E-state index in [9.17, 15) is 0 Å². The Bertz CT molecular complexity index is 662. The minimum Gasteiger partial charge on any atom is -0.378 e. The average molecular weight is 358 g/mol. The zero-order valence-corrected chi connectivity index (χ0v) is 16.0. The van der Waals surface area contributed by atoms with Gasteiger partial charge < -0.3 is 19.3 Å². The van der Waals surface area contributed by atoms with E-state index >= 15 is 0 Å². The van der Waals surface area contributed by atoms with Crippen molar-refractivity contribution in [1.29, 1.82) is 0 Å². The number of hydrogen-bond acceptors (Lipinski definition) is 6. The largest absolute Gasteiger partial charge is 0.378 e. The number of nitrogens with zero attached hydrogens (tertiary/aromatic N) is 4. The SMILES string of the molecule is CCc1cc(N2CCC3(C=C(C)CCO3)CC2)nc(N2CCOCC2)n1. The molecule has 142 valence electrons. The van der Waals surface area contributed by atoms with Crippen LogP contribution in [-0.2, 0) is 15.9 Å². The maximum atomic E-state index is 6.17. The molecule has 0 aromatic carbocycles. The molecule has 0 radical (unpaired) electrons. The van der Waals surface area contributed by atoms with Gasteiger partial charge in [-0.2, -0.15) is 4.98 Å². The minimum absolute atomic E-state index is 0.0491. The summed E-state index contributed by atoms with van der Waals surface area (Å²) in [6.45, 7) is 10.4. The van der Waals surface area contributed by atoms with Gasteiger partial charge in [0.15, 0.2) is 0 Å². The van der Waals surface area contributed by atoms with Crippen molar-refractivity contribution in [2.45, 2.75) is 45.1 Å². The average Bonchev–Trinajstić information content (AvgIpc) is 2.69. The standard InChI is InChI=1S/C20H30N4O2/c1-3-17-14-18(22-19(21-17)24-9-12-25-13-10-24)23-7-5-20(6-8-23)15-16(2)4-11-26-20/h14-15H,3-13H2,1-2H3. The van der Waals surface area contributed by atoms with Crippen LogP contribution in [0.3, 0.4) is 0 Å². The summed E-state index contributed by atoms with van der Waals surface area (Å²) in [5.74, 6) is 1.91. The molecule has 0 N–H and O–H groups in total. The molecule has 2 fully saturated rings. The van der Waals surface area contributed by atoms with Crippen molar-refractivity contribution in [3.05, 3.63) is 23.4 Å². The van der Waals surface area contributed by atoms with Crippen LogP contribution >= 0.6 is 0 Å². The van der Waals surface area contributed by atoms with Crippen molar-refractivity contribution < 1.29 is 9.47 Å². The van der Waals surface area contributed by atoms with Crippen molar-refractivity contribution in [3.8, 4) is 0 Å². The van der Waals surface area contributed by atoms with Gasteiger partial charge in [0.1, 0.15) is 5.82 Å². The highest BCUT2D eigenvalue weighted by atomic mass is 16.5. The monoisotopic (exact) mass is 358 g/mol. The molecule has 6 heteroatoms. The van der Waals surface area contributed by atoms with Crippen molar-refractivity contribution in [1.82, 2.24) is 9.97 Å². The molecule has 4 rings (SSSR count). The third-order valence-corrected chi connectivity index (χ3v) is 5.74. The molecule has 1 spiro atoms. The number of rotatable bonds is 3. The van der Waals surface area contributed by atoms with E-state index in [0.29, 0.717) is 0 Å². The zero-order chi connectivity index (χ0) is 18.0. The molecule has 1 aromatic heterocycles. The summed E-state index contributed by atoms with van der Waals surface area (Å²) in [7, 11) is 0. The van der Waals surface area contributed by atoms with E-state index in [-0.39, 0.29) is 5.60 Å². The maximum absolute atomic E-state index is 6.17. The first-order valence-electron chi connectivity index (χ1n) is 9.95. The molecule has 1 aromatic rings. The lowest BCUT2D eigenvalue weighted by Gasteiger charge is -2.42. The molecular formula is C20H30N4O2. The molecule has 0 amide bonds. The zero-order valence-electron chi connectivity index (χ0n) is 16.0. The first-order valence-corrected chi connectivity index (χ1v) is 9.95. The maximum Gasteiger partial charge on any atom is 0.227 e. The Balaban J connectivity index is 1.51. The third-order valence-electron chi connectivity index (χ3n) is 5.74. The molecule has 0 bridgehead atoms. The molecule has 0 atom stereocenters. The summed E-state index contributed by atoms with van der Waals surface area (Å²) >= 11 is 0. The van der Waals surface area contributed by atoms with Gasteiger partial charge >= 0.3 is 0 Å². The normalized spacial score (nSPS) is 23.2. The van der Waals surface area contributed by atoms with Crippen LogP contribution in [0.5, 0.6) is 0 Å². The third kappa shape index (κ3) is 3.71. The summed E-state index contributed by atoms with van der Waals surface area (Å²) in [4.78, 5) is 14.3. The van der Waals surface area contributed by atoms with Crippen LogP contribution < -0.4 is 9.80 Å². The van der Waals surface area contributed by atoms with E-state index in [1.54, 1.807) is 0 Å². The Hall–Kier alpha value is -1.66. The van der Waals surface area contributed by atoms with Crippen LogP contribution in [0.2, 0.25) is 0 Å². The summed E-state index contributed by atoms with van der Waals surface area (Å²) in [5, 5.41) is 0. The highest BCUT2D eigenvalue weighted by Crippen LogP contribution is 2.34. The summed E-state index contributed by atoms with van der Waals surface area (Å²) in [6, 6.07) is 2.16. The summed E-state index contributed by atoms with van der Waals surface area (Å²) in [5.41, 5.74) is 2.53. The summed E-state index contributed by atoms with van der Waals surface area (Å²) in [6.07, 6.45) is 6.42. The van der Waals surface area contributed by atoms with E-state index in [0.717, 1.165) is 89.1 Å². The highest BCUT2D eigenvalue weighted by Gasteiger charge is 2.36. The number of anilines is 2. The predicted octanol–water partition coefficient (Wildman–Crippen LogP) is 2.58. The van der Waals surface area contributed by atoms with Crippen LogP contribution in [-0.4, -0.2) is 61.6 Å². The molecule has 3 aliphatic heterocycles. The highest BCUT2D eigenvalue weighted by molar-refractivity contribution is 5.47. The lowest BCUT2D eigenvalue weighted by atomic mass is 9.87. The second kappa shape index (κ2) is 7.53. The van der Waals surface area contributed by atoms with Crippen LogP contribution in [0.4, 0.5) is 11.8 Å². The van der Waals surface area contributed by atoms with Crippen LogP contribution in [0, 0.1) is 0 Å². The molecule has 0 saturated carbocycles. The van der Waals surface area contributed by atoms with Crippen molar-refractivity contribution in [2.24, 2.45) is 0 Å². The smallest absolute Gasteiger partial charge is 0.227 e. The van der Waals surface area contributed by atoms with Gasteiger partial charge in [0.05, 0.1) is 25.4 Å². The first-order chi connectivity index (χ1) is 12.7. The van der Waals surface area contributed by atoms with Crippen LogP contribution in [0.25, 0.3) is 0 Å². The Labute approximate surface area is 156 Å². The molecule has 26 heavy (non-hydrogen) atoms. The van der Waals surface area contributed by atoms with Gasteiger partial charge in [0.25, 0.3) is 0 Å².